The van der Waals surface area contributed by atoms with E-state index in [0.29, 0.717) is 13.0 Å². The Balaban J connectivity index is 3.88. The van der Waals surface area contributed by atoms with Gasteiger partial charge >= 0.3 is 5.97 Å². The second-order valence-electron chi connectivity index (χ2n) is 3.21. The predicted octanol–water partition coefficient (Wildman–Crippen LogP) is 0.520. The van der Waals surface area contributed by atoms with E-state index in [4.69, 9.17) is 10.8 Å². The van der Waals surface area contributed by atoms with E-state index in [1.165, 1.54) is 0 Å². The lowest BCUT2D eigenvalue weighted by Gasteiger charge is -2.22. The first-order valence-electron chi connectivity index (χ1n) is 4.76. The Morgan fingerprint density at radius 3 is 2.54 bits per heavy atom. The largest absolute Gasteiger partial charge is 0.480 e. The first-order chi connectivity index (χ1) is 6.13. The van der Waals surface area contributed by atoms with E-state index in [0.717, 1.165) is 19.4 Å². The van der Waals surface area contributed by atoms with Crippen molar-refractivity contribution in [3.63, 3.8) is 0 Å². The van der Waals surface area contributed by atoms with Crippen LogP contribution in [0.25, 0.3) is 0 Å². The molecule has 0 unspecified atom stereocenters. The van der Waals surface area contributed by atoms with Crippen LogP contribution in [0.5, 0.6) is 0 Å². The van der Waals surface area contributed by atoms with E-state index in [9.17, 15) is 4.79 Å². The summed E-state index contributed by atoms with van der Waals surface area (Å²) in [4.78, 5) is 12.7. The molecule has 0 aliphatic carbocycles. The minimum Gasteiger partial charge on any atom is -0.480 e. The maximum absolute atomic E-state index is 10.8. The fourth-order valence-corrected chi connectivity index (χ4v) is 1.23. The highest BCUT2D eigenvalue weighted by Crippen LogP contribution is 2.06. The van der Waals surface area contributed by atoms with E-state index < -0.39 is 5.97 Å². The number of carboxylic acid groups (broad SMARTS) is 1. The number of nitrogens with zero attached hydrogens (tertiary/aromatic N) is 1. The number of hydrogen-bond donors (Lipinski definition) is 2. The summed E-state index contributed by atoms with van der Waals surface area (Å²) in [6.07, 6.45) is 2.48. The van der Waals surface area contributed by atoms with Crippen molar-refractivity contribution in [2.24, 2.45) is 5.73 Å². The Labute approximate surface area is 79.7 Å². The Morgan fingerprint density at radius 1 is 1.54 bits per heavy atom. The highest BCUT2D eigenvalue weighted by atomic mass is 16.4. The van der Waals surface area contributed by atoms with Crippen LogP contribution in [0.2, 0.25) is 0 Å². The standard InChI is InChI=1S/C9H20N2O2/c1-3-11(2)8(9(12)13)6-4-5-7-10/h8H,3-7,10H2,1-2H3,(H,12,13)/t8-/m0/s1. The summed E-state index contributed by atoms with van der Waals surface area (Å²) in [7, 11) is 1.83. The van der Waals surface area contributed by atoms with Gasteiger partial charge in [-0.15, -0.1) is 0 Å². The molecule has 13 heavy (non-hydrogen) atoms. The summed E-state index contributed by atoms with van der Waals surface area (Å²) in [5.74, 6) is -0.735. The topological polar surface area (TPSA) is 66.6 Å². The van der Waals surface area contributed by atoms with Crippen LogP contribution in [0.4, 0.5) is 0 Å². The third kappa shape index (κ3) is 4.85. The molecule has 4 heteroatoms. The number of aliphatic carboxylic acids is 1. The lowest BCUT2D eigenvalue weighted by atomic mass is 10.1. The zero-order valence-corrected chi connectivity index (χ0v) is 8.49. The van der Waals surface area contributed by atoms with Crippen LogP contribution in [-0.2, 0) is 4.79 Å². The molecule has 0 aromatic heterocycles. The molecule has 3 N–H and O–H groups in total. The third-order valence-electron chi connectivity index (χ3n) is 2.25. The molecule has 1 atom stereocenters. The van der Waals surface area contributed by atoms with Crippen molar-refractivity contribution in [3.05, 3.63) is 0 Å². The van der Waals surface area contributed by atoms with Gasteiger partial charge in [-0.05, 0) is 33.0 Å². The molecule has 4 nitrogen and oxygen atoms in total. The summed E-state index contributed by atoms with van der Waals surface area (Å²) in [5.41, 5.74) is 5.34. The molecule has 0 radical (unpaired) electrons. The van der Waals surface area contributed by atoms with E-state index in [1.54, 1.807) is 0 Å². The van der Waals surface area contributed by atoms with Gasteiger partial charge in [0.15, 0.2) is 0 Å². The molecular weight excluding hydrogens is 168 g/mol. The molecule has 0 aliphatic heterocycles. The molecule has 0 amide bonds. The van der Waals surface area contributed by atoms with Gasteiger partial charge in [0.1, 0.15) is 6.04 Å². The van der Waals surface area contributed by atoms with Gasteiger partial charge in [-0.2, -0.15) is 0 Å². The van der Waals surface area contributed by atoms with Crippen molar-refractivity contribution >= 4 is 5.97 Å². The number of carbonyl (C=O) groups is 1. The van der Waals surface area contributed by atoms with Crippen LogP contribution in [0.15, 0.2) is 0 Å². The van der Waals surface area contributed by atoms with Crippen molar-refractivity contribution in [2.75, 3.05) is 20.1 Å². The molecule has 78 valence electrons. The molecule has 0 spiro atoms. The molecule has 0 bridgehead atoms. The van der Waals surface area contributed by atoms with Gasteiger partial charge in [-0.3, -0.25) is 9.69 Å². The summed E-state index contributed by atoms with van der Waals surface area (Å²) in [6.45, 7) is 3.36. The van der Waals surface area contributed by atoms with Gasteiger partial charge in [0.2, 0.25) is 0 Å². The zero-order valence-electron chi connectivity index (χ0n) is 8.49. The molecule has 0 rings (SSSR count). The van der Waals surface area contributed by atoms with E-state index in [-0.39, 0.29) is 6.04 Å². The molecule has 0 saturated carbocycles. The van der Waals surface area contributed by atoms with E-state index in [1.807, 2.05) is 18.9 Å². The lowest BCUT2D eigenvalue weighted by molar-refractivity contribution is -0.143. The SMILES string of the molecule is CCN(C)[C@@H](CCCCN)C(=O)O. The van der Waals surface area contributed by atoms with Gasteiger partial charge in [-0.25, -0.2) is 0 Å². The first kappa shape index (κ1) is 12.4. The fourth-order valence-electron chi connectivity index (χ4n) is 1.23. The predicted molar refractivity (Wildman–Crippen MR) is 52.6 cm³/mol. The Kier molecular flexibility index (Phi) is 6.54. The van der Waals surface area contributed by atoms with Crippen LogP contribution >= 0.6 is 0 Å². The van der Waals surface area contributed by atoms with E-state index in [2.05, 4.69) is 0 Å². The third-order valence-corrected chi connectivity index (χ3v) is 2.25. The normalized spacial score (nSPS) is 13.2. The number of nitrogens with two attached hydrogens (primary N) is 1. The highest BCUT2D eigenvalue weighted by Gasteiger charge is 2.20. The van der Waals surface area contributed by atoms with Crippen molar-refractivity contribution in [1.82, 2.24) is 4.90 Å². The molecular formula is C9H20N2O2. The number of likely N-dealkylation sites (N-methyl/N-ethyl adjacent to an activating group) is 1. The van der Waals surface area contributed by atoms with Crippen LogP contribution in [0.3, 0.4) is 0 Å². The highest BCUT2D eigenvalue weighted by molar-refractivity contribution is 5.73. The number of carboxylic acids is 1. The van der Waals surface area contributed by atoms with Gasteiger partial charge in [0.05, 0.1) is 0 Å². The summed E-state index contributed by atoms with van der Waals surface area (Å²) < 4.78 is 0. The fraction of sp³-hybridized carbons (Fsp3) is 0.889. The minimum atomic E-state index is -0.735. The second-order valence-corrected chi connectivity index (χ2v) is 3.21. The van der Waals surface area contributed by atoms with Gasteiger partial charge < -0.3 is 10.8 Å². The maximum atomic E-state index is 10.8. The molecule has 0 aromatic rings. The summed E-state index contributed by atoms with van der Waals surface area (Å²) in [6, 6.07) is -0.350. The van der Waals surface area contributed by atoms with Crippen LogP contribution in [-0.4, -0.2) is 42.2 Å². The van der Waals surface area contributed by atoms with Crippen LogP contribution in [0.1, 0.15) is 26.2 Å². The second kappa shape index (κ2) is 6.86. The number of rotatable bonds is 7. The Bertz CT molecular complexity index is 151. The molecule has 0 saturated heterocycles. The lowest BCUT2D eigenvalue weighted by Crippen LogP contribution is -2.38. The van der Waals surface area contributed by atoms with Crippen molar-refractivity contribution < 1.29 is 9.90 Å². The quantitative estimate of drug-likeness (QED) is 0.572. The number of unbranched alkanes of at least 4 members (excludes halogenated alkanes) is 1. The average molecular weight is 188 g/mol. The monoisotopic (exact) mass is 188 g/mol. The van der Waals surface area contributed by atoms with Crippen molar-refractivity contribution in [1.29, 1.82) is 0 Å². The Morgan fingerprint density at radius 2 is 2.15 bits per heavy atom. The van der Waals surface area contributed by atoms with Gasteiger partial charge in [-0.1, -0.05) is 13.3 Å². The van der Waals surface area contributed by atoms with Crippen molar-refractivity contribution in [2.45, 2.75) is 32.2 Å². The zero-order chi connectivity index (χ0) is 10.3. The maximum Gasteiger partial charge on any atom is 0.320 e. The summed E-state index contributed by atoms with van der Waals surface area (Å²) in [5, 5.41) is 8.90. The Hall–Kier alpha value is -0.610. The molecule has 0 heterocycles. The molecule has 0 fully saturated rings. The smallest absolute Gasteiger partial charge is 0.320 e. The number of hydrogen-bond acceptors (Lipinski definition) is 3. The summed E-state index contributed by atoms with van der Waals surface area (Å²) >= 11 is 0. The van der Waals surface area contributed by atoms with Crippen LogP contribution in [0, 0.1) is 0 Å². The van der Waals surface area contributed by atoms with Gasteiger partial charge in [0.25, 0.3) is 0 Å². The molecule has 0 aliphatic rings. The first-order valence-corrected chi connectivity index (χ1v) is 4.76. The van der Waals surface area contributed by atoms with Gasteiger partial charge in [0, 0.05) is 0 Å². The van der Waals surface area contributed by atoms with E-state index >= 15 is 0 Å². The van der Waals surface area contributed by atoms with Crippen molar-refractivity contribution in [3.8, 4) is 0 Å². The minimum absolute atomic E-state index is 0.350. The van der Waals surface area contributed by atoms with Crippen LogP contribution < -0.4 is 5.73 Å². The molecule has 0 aromatic carbocycles. The average Bonchev–Trinajstić information content (AvgIpc) is 2.11.